The molecule has 0 amide bonds. The average Bonchev–Trinajstić information content (AvgIpc) is 0.749. The topological polar surface area (TPSA) is 589 Å². The molecule has 0 unspecified atom stereocenters. The number of phenolic OH excluding ortho intramolecular Hbond substituents is 4. The van der Waals surface area contributed by atoms with E-state index >= 15 is 0 Å². The molecule has 35 nitrogen and oxygen atoms in total. The number of nitrogen functional groups attached to an aromatic ring is 1. The van der Waals surface area contributed by atoms with Crippen molar-refractivity contribution in [1.29, 1.82) is 0 Å². The average molecular weight is 1490 g/mol. The largest absolute Gasteiger partial charge is 0.507 e. The number of aliphatic hydroxyl groups is 1. The Hall–Kier alpha value is -11.3. The summed E-state index contributed by atoms with van der Waals surface area (Å²) in [5, 5.41) is 97.9. The zero-order valence-corrected chi connectivity index (χ0v) is 55.4. The first kappa shape index (κ1) is 71.0. The number of aromatic hydroxyl groups is 4. The molecule has 41 heteroatoms. The van der Waals surface area contributed by atoms with Gasteiger partial charge in [0.1, 0.15) is 59.5 Å². The Labute approximate surface area is 568 Å². The molecule has 0 bridgehead atoms. The Morgan fingerprint density at radius 3 is 1.59 bits per heavy atom. The van der Waals surface area contributed by atoms with Crippen molar-refractivity contribution in [3.63, 3.8) is 0 Å². The van der Waals surface area contributed by atoms with Gasteiger partial charge in [0.25, 0.3) is 60.7 Å². The first-order chi connectivity index (χ1) is 47.3. The summed E-state index contributed by atoms with van der Waals surface area (Å²) in [4.78, 5) is -5.47. The summed E-state index contributed by atoms with van der Waals surface area (Å²) in [6, 6.07) is 28.8. The molecule has 518 valence electrons. The Kier molecular flexibility index (Phi) is 18.6. The van der Waals surface area contributed by atoms with E-state index in [2.05, 4.69) is 56.5 Å². The molecule has 0 atom stereocenters. The second kappa shape index (κ2) is 26.4. The van der Waals surface area contributed by atoms with E-state index in [1.54, 1.807) is 0 Å². The molecule has 0 aromatic heterocycles. The van der Waals surface area contributed by atoms with Crippen LogP contribution in [0.25, 0.3) is 43.1 Å². The molecule has 0 spiro atoms. The maximum Gasteiger partial charge on any atom is 0.297 e. The van der Waals surface area contributed by atoms with E-state index < -0.39 is 142 Å². The van der Waals surface area contributed by atoms with Crippen LogP contribution in [0.2, 0.25) is 0 Å². The van der Waals surface area contributed by atoms with E-state index in [-0.39, 0.29) is 101 Å². The van der Waals surface area contributed by atoms with Crippen molar-refractivity contribution < 1.29 is 103 Å². The minimum absolute atomic E-state index is 0.00885. The zero-order valence-electron chi connectivity index (χ0n) is 50.5. The van der Waals surface area contributed by atoms with Crippen molar-refractivity contribution in [2.24, 2.45) is 51.1 Å². The fourth-order valence-corrected chi connectivity index (χ4v) is 14.0. The van der Waals surface area contributed by atoms with E-state index in [4.69, 9.17) is 5.73 Å². The van der Waals surface area contributed by atoms with E-state index in [9.17, 15) is 103 Å². The number of anilines is 3. The Bertz CT molecular complexity index is 6320. The van der Waals surface area contributed by atoms with Crippen molar-refractivity contribution in [3.8, 4) is 23.0 Å². The number of benzene rings is 11. The molecular weight excluding hydrogens is 1450 g/mol. The van der Waals surface area contributed by atoms with Gasteiger partial charge in [-0.15, -0.1) is 40.9 Å². The second-order valence-corrected chi connectivity index (χ2v) is 29.9. The van der Waals surface area contributed by atoms with E-state index in [0.717, 1.165) is 54.6 Å². The number of nitrogens with two attached hydrogens (primary N) is 1. The van der Waals surface area contributed by atoms with Crippen LogP contribution in [-0.2, 0) is 67.3 Å². The number of nitrogens with one attached hydrogen (secondary N) is 1. The number of fused-ring (bicyclic) bond motifs is 4. The first-order valence-corrected chi connectivity index (χ1v) is 36.5. The van der Waals surface area contributed by atoms with Gasteiger partial charge in [-0.1, -0.05) is 18.2 Å². The minimum atomic E-state index is -5.62. The molecule has 0 aliphatic carbocycles. The van der Waals surface area contributed by atoms with Gasteiger partial charge in [-0.25, -0.2) is 0 Å². The molecule has 0 radical (unpaired) electrons. The SMILES string of the molecule is Cc1cc(N=Nc2c(S(=O)(=O)O)cc3c(S(=O)(=O)O)c(N=Nc4c(Nc5ccc(N)c(S(=O)(=O)O)c5)ccc5c(O)c(N=Nc6ccc7c(O)c(N=Nc8ccccc8S(=O)(=O)O)ccc7c6)ccc45)ccc3c2O)c(CO)cc1N=Nc1cc(S(=O)(=O)O)cc2cc(S(=O)(=O)O)cc(O)c12. The third kappa shape index (κ3) is 14.7. The number of hydrogen-bond acceptors (Lipinski definition) is 29. The van der Waals surface area contributed by atoms with Gasteiger partial charge in [0, 0.05) is 44.2 Å². The highest BCUT2D eigenvalue weighted by Crippen LogP contribution is 2.49. The summed E-state index contributed by atoms with van der Waals surface area (Å²) in [6.07, 6.45) is 0. The van der Waals surface area contributed by atoms with Gasteiger partial charge < -0.3 is 36.6 Å². The summed E-state index contributed by atoms with van der Waals surface area (Å²) < 4.78 is 210. The van der Waals surface area contributed by atoms with Crippen LogP contribution in [0.5, 0.6) is 23.0 Å². The Morgan fingerprint density at radius 1 is 0.386 bits per heavy atom. The maximum absolute atomic E-state index is 13.5. The van der Waals surface area contributed by atoms with Crippen LogP contribution in [0.1, 0.15) is 11.1 Å². The van der Waals surface area contributed by atoms with Crippen molar-refractivity contribution in [1.82, 2.24) is 0 Å². The van der Waals surface area contributed by atoms with Crippen LogP contribution >= 0.6 is 0 Å². The molecule has 0 aliphatic rings. The molecule has 101 heavy (non-hydrogen) atoms. The first-order valence-electron chi connectivity index (χ1n) is 27.9. The summed E-state index contributed by atoms with van der Waals surface area (Å²) in [5.41, 5.74) is 2.16. The highest BCUT2D eigenvalue weighted by Gasteiger charge is 2.29. The standard InChI is InChI=1S/C60H44N12O23S6/c1-28-18-48(31(27-73)22-47(28)68-70-49-24-34(96(78,79)80)20-30-21-35(97(81,82)83)25-50(74)54(30)49)69-72-56-53(100(90,91)92)26-40-39(59(56)77)12-17-46(60(40)101(93,94)95)67-71-55-37-10-16-45(58(76)38(37)11-15-43(55)62-32-8-13-41(61)52(23-32)99(87,88)89)65-63-33-7-9-36-29(19-33)6-14-44(57(36)75)66-64-42-4-2-3-5-51(42)98(84,85)86/h2-26,62,73-77H,27,61H2,1H3,(H,78,79,80)(H,81,82,83)(H,84,85,86)(H,87,88,89)(H,90,91,92)(H,93,94,95). The van der Waals surface area contributed by atoms with Gasteiger partial charge in [0.2, 0.25) is 0 Å². The van der Waals surface area contributed by atoms with Crippen molar-refractivity contribution in [2.45, 2.75) is 42.9 Å². The Balaban J connectivity index is 0.958. The van der Waals surface area contributed by atoms with Crippen molar-refractivity contribution in [3.05, 3.63) is 163 Å². The summed E-state index contributed by atoms with van der Waals surface area (Å²) >= 11 is 0. The lowest BCUT2D eigenvalue weighted by atomic mass is 10.0. The zero-order chi connectivity index (χ0) is 73.2. The number of nitrogens with zero attached hydrogens (tertiary/aromatic N) is 10. The lowest BCUT2D eigenvalue weighted by Crippen LogP contribution is -2.04. The smallest absolute Gasteiger partial charge is 0.297 e. The van der Waals surface area contributed by atoms with Crippen LogP contribution in [0.15, 0.2) is 232 Å². The van der Waals surface area contributed by atoms with Crippen LogP contribution in [0.4, 0.5) is 73.9 Å². The van der Waals surface area contributed by atoms with Crippen molar-refractivity contribution >= 4 is 178 Å². The van der Waals surface area contributed by atoms with Crippen molar-refractivity contribution in [2.75, 3.05) is 11.1 Å². The summed E-state index contributed by atoms with van der Waals surface area (Å²) in [7, 11) is -30.8. The number of azo groups is 5. The summed E-state index contributed by atoms with van der Waals surface area (Å²) in [5.74, 6) is -2.90. The molecule has 0 saturated carbocycles. The van der Waals surface area contributed by atoms with Crippen LogP contribution in [0.3, 0.4) is 0 Å². The second-order valence-electron chi connectivity index (χ2n) is 21.5. The monoisotopic (exact) mass is 1490 g/mol. The predicted octanol–water partition coefficient (Wildman–Crippen LogP) is 13.8. The highest BCUT2D eigenvalue weighted by molar-refractivity contribution is 7.87. The summed E-state index contributed by atoms with van der Waals surface area (Å²) in [6.45, 7) is 0.521. The molecule has 11 aromatic carbocycles. The van der Waals surface area contributed by atoms with E-state index in [1.165, 1.54) is 91.9 Å². The fraction of sp³-hybridized carbons (Fsp3) is 0.0333. The van der Waals surface area contributed by atoms with Gasteiger partial charge in [0.05, 0.1) is 55.9 Å². The minimum Gasteiger partial charge on any atom is -0.507 e. The molecular formula is C60H44N12O23S6. The molecule has 0 heterocycles. The molecule has 0 saturated heterocycles. The van der Waals surface area contributed by atoms with E-state index in [0.29, 0.717) is 17.5 Å². The Morgan fingerprint density at radius 2 is 0.931 bits per heavy atom. The lowest BCUT2D eigenvalue weighted by Gasteiger charge is -2.15. The lowest BCUT2D eigenvalue weighted by molar-refractivity contribution is 0.282. The van der Waals surface area contributed by atoms with Gasteiger partial charge in [-0.05, 0) is 151 Å². The number of aliphatic hydroxyl groups excluding tert-OH is 1. The highest BCUT2D eigenvalue weighted by atomic mass is 32.2. The van der Waals surface area contributed by atoms with E-state index in [1.807, 2.05) is 0 Å². The van der Waals surface area contributed by atoms with Gasteiger partial charge in [0.15, 0.2) is 17.2 Å². The van der Waals surface area contributed by atoms with Gasteiger partial charge >= 0.3 is 0 Å². The van der Waals surface area contributed by atoms with Gasteiger partial charge in [-0.2, -0.15) is 60.7 Å². The van der Waals surface area contributed by atoms with Crippen LogP contribution < -0.4 is 11.1 Å². The third-order valence-electron chi connectivity index (χ3n) is 14.9. The number of rotatable bonds is 19. The number of aryl methyl sites for hydroxylation is 1. The normalized spacial score (nSPS) is 13.1. The number of phenols is 4. The third-order valence-corrected chi connectivity index (χ3v) is 20.2. The number of hydrogen-bond donors (Lipinski definition) is 13. The molecule has 0 fully saturated rings. The fourth-order valence-electron chi connectivity index (χ4n) is 10.2. The molecule has 11 aromatic rings. The quantitative estimate of drug-likeness (QED) is 0.0203. The molecule has 0 aliphatic heterocycles. The van der Waals surface area contributed by atoms with Crippen LogP contribution in [-0.4, -0.2) is 103 Å². The molecule has 14 N–H and O–H groups in total. The van der Waals surface area contributed by atoms with Crippen LogP contribution in [0, 0.1) is 6.92 Å². The maximum atomic E-state index is 13.5. The van der Waals surface area contributed by atoms with Gasteiger partial charge in [-0.3, -0.25) is 27.3 Å². The molecule has 11 rings (SSSR count). The predicted molar refractivity (Wildman–Crippen MR) is 360 cm³/mol.